The number of amides is 1. The number of anilines is 1. The van der Waals surface area contributed by atoms with Crippen LogP contribution in [-0.2, 0) is 37.4 Å². The molecule has 12 heteroatoms. The van der Waals surface area contributed by atoms with Crippen molar-refractivity contribution in [3.63, 3.8) is 0 Å². The zero-order valence-corrected chi connectivity index (χ0v) is 27.5. The molecule has 0 atom stereocenters. The number of carbonyl (C=O) groups excluding carboxylic acids is 2. The lowest BCUT2D eigenvalue weighted by molar-refractivity contribution is -0.136. The summed E-state index contributed by atoms with van der Waals surface area (Å²) in [6.45, 7) is 3.38. The van der Waals surface area contributed by atoms with Gasteiger partial charge in [0.25, 0.3) is 5.91 Å². The largest absolute Gasteiger partial charge is 0.465 e. The van der Waals surface area contributed by atoms with Crippen LogP contribution in [-0.4, -0.2) is 31.7 Å². The maximum Gasteiger partial charge on any atom is 0.340 e. The first-order chi connectivity index (χ1) is 21.4. The molecule has 0 saturated carbocycles. The summed E-state index contributed by atoms with van der Waals surface area (Å²) in [5.74, 6) is -0.563. The summed E-state index contributed by atoms with van der Waals surface area (Å²) in [7, 11) is -2.79. The summed E-state index contributed by atoms with van der Waals surface area (Å²) in [5.41, 5.74) is 2.76. The van der Waals surface area contributed by atoms with Crippen molar-refractivity contribution in [3.05, 3.63) is 133 Å². The van der Waals surface area contributed by atoms with E-state index < -0.39 is 21.9 Å². The van der Waals surface area contributed by atoms with Crippen molar-refractivity contribution < 1.29 is 27.2 Å². The normalized spacial score (nSPS) is 14.6. The molecule has 0 unspecified atom stereocenters. The molecule has 3 aromatic carbocycles. The number of benzene rings is 3. The molecule has 1 aliphatic heterocycles. The number of furan rings is 1. The maximum absolute atomic E-state index is 13.8. The minimum atomic E-state index is -4.04. The van der Waals surface area contributed by atoms with E-state index in [0.29, 0.717) is 32.8 Å². The summed E-state index contributed by atoms with van der Waals surface area (Å²) in [6.07, 6.45) is 1.45. The molecule has 0 saturated heterocycles. The second-order valence-electron chi connectivity index (χ2n) is 10.3. The lowest BCUT2D eigenvalue weighted by Crippen LogP contribution is -2.30. The quantitative estimate of drug-likeness (QED) is 0.132. The van der Waals surface area contributed by atoms with Gasteiger partial charge in [-0.25, -0.2) is 13.2 Å². The standard InChI is InChI=1S/C33H27Cl3N2O6S/c1-20-5-4-6-24(15-20)38-21(2)31(33(40)43-3)28(32(38)39)17-25-10-11-26(44-25)19-37(18-22-7-14-29(35)30(36)16-22)45(41,42)27-12-8-23(34)9-13-27/h4-17H,18-19H2,1-3H3/b28-17+. The van der Waals surface area contributed by atoms with Crippen molar-refractivity contribution >= 4 is 68.5 Å². The number of carbonyl (C=O) groups is 2. The number of rotatable bonds is 9. The Labute approximate surface area is 276 Å². The van der Waals surface area contributed by atoms with Gasteiger partial charge in [0.05, 0.1) is 39.7 Å². The second-order valence-corrected chi connectivity index (χ2v) is 13.5. The summed E-state index contributed by atoms with van der Waals surface area (Å²) in [4.78, 5) is 28.0. The van der Waals surface area contributed by atoms with Gasteiger partial charge in [0.1, 0.15) is 11.5 Å². The van der Waals surface area contributed by atoms with Gasteiger partial charge >= 0.3 is 5.97 Å². The average Bonchev–Trinajstić information content (AvgIpc) is 3.55. The SMILES string of the molecule is COC(=O)C1=C(C)N(c2cccc(C)c2)C(=O)/C1=C/c1ccc(CN(Cc2ccc(Cl)c(Cl)c2)S(=O)(=O)c2ccc(Cl)cc2)o1. The minimum absolute atomic E-state index is 0.0389. The molecule has 5 rings (SSSR count). The number of sulfonamides is 1. The highest BCUT2D eigenvalue weighted by molar-refractivity contribution is 7.89. The monoisotopic (exact) mass is 684 g/mol. The third-order valence-corrected chi connectivity index (χ3v) is 9.94. The van der Waals surface area contributed by atoms with Gasteiger partial charge in [-0.1, -0.05) is 53.0 Å². The highest BCUT2D eigenvalue weighted by atomic mass is 35.5. The molecule has 0 spiro atoms. The van der Waals surface area contributed by atoms with E-state index in [4.69, 9.17) is 44.0 Å². The highest BCUT2D eigenvalue weighted by Crippen LogP contribution is 2.36. The molecule has 0 N–H and O–H groups in total. The predicted molar refractivity (Wildman–Crippen MR) is 174 cm³/mol. The molecule has 1 aromatic heterocycles. The summed E-state index contributed by atoms with van der Waals surface area (Å²) in [5, 5.41) is 1.02. The molecule has 0 radical (unpaired) electrons. The molecular formula is C33H27Cl3N2O6S. The van der Waals surface area contributed by atoms with Crippen molar-refractivity contribution in [2.24, 2.45) is 0 Å². The fraction of sp³-hybridized carbons (Fsp3) is 0.152. The van der Waals surface area contributed by atoms with E-state index in [1.54, 1.807) is 43.3 Å². The van der Waals surface area contributed by atoms with Crippen LogP contribution in [0.15, 0.2) is 105 Å². The van der Waals surface area contributed by atoms with Gasteiger partial charge in [0.2, 0.25) is 10.0 Å². The molecule has 8 nitrogen and oxygen atoms in total. The minimum Gasteiger partial charge on any atom is -0.465 e. The number of nitrogens with zero attached hydrogens (tertiary/aromatic N) is 2. The fourth-order valence-corrected chi connectivity index (χ4v) is 6.80. The lowest BCUT2D eigenvalue weighted by atomic mass is 10.1. The Kier molecular flexibility index (Phi) is 9.57. The van der Waals surface area contributed by atoms with Crippen LogP contribution in [0.4, 0.5) is 5.69 Å². The van der Waals surface area contributed by atoms with Crippen molar-refractivity contribution in [2.45, 2.75) is 31.8 Å². The van der Waals surface area contributed by atoms with Crippen LogP contribution in [0.2, 0.25) is 15.1 Å². The number of hydrogen-bond donors (Lipinski definition) is 0. The first-order valence-corrected chi connectivity index (χ1v) is 16.2. The van der Waals surface area contributed by atoms with Crippen molar-refractivity contribution in [2.75, 3.05) is 12.0 Å². The number of allylic oxidation sites excluding steroid dienone is 1. The summed E-state index contributed by atoms with van der Waals surface area (Å²) >= 11 is 18.3. The Morgan fingerprint density at radius 3 is 2.33 bits per heavy atom. The second kappa shape index (κ2) is 13.2. The number of aryl methyl sites for hydroxylation is 1. The van der Waals surface area contributed by atoms with E-state index >= 15 is 0 Å². The molecule has 0 fully saturated rings. The molecule has 1 amide bonds. The van der Waals surface area contributed by atoms with Crippen LogP contribution >= 0.6 is 34.8 Å². The first-order valence-electron chi connectivity index (χ1n) is 13.6. The number of halogens is 3. The van der Waals surface area contributed by atoms with E-state index in [9.17, 15) is 18.0 Å². The van der Waals surface area contributed by atoms with Gasteiger partial charge in [-0.15, -0.1) is 0 Å². The Hall–Kier alpha value is -3.86. The summed E-state index contributed by atoms with van der Waals surface area (Å²) < 4.78 is 39.8. The molecule has 2 heterocycles. The van der Waals surface area contributed by atoms with Crippen LogP contribution in [0.3, 0.4) is 0 Å². The van der Waals surface area contributed by atoms with Gasteiger partial charge in [0.15, 0.2) is 0 Å². The van der Waals surface area contributed by atoms with Crippen molar-refractivity contribution in [3.8, 4) is 0 Å². The van der Waals surface area contributed by atoms with Crippen LogP contribution in [0, 0.1) is 6.92 Å². The third-order valence-electron chi connectivity index (χ3n) is 7.15. The van der Waals surface area contributed by atoms with Gasteiger partial charge < -0.3 is 9.15 Å². The zero-order chi connectivity index (χ0) is 32.5. The molecule has 4 aromatic rings. The molecule has 45 heavy (non-hydrogen) atoms. The van der Waals surface area contributed by atoms with Crippen LogP contribution in [0.25, 0.3) is 6.08 Å². The van der Waals surface area contributed by atoms with Gasteiger partial charge in [-0.05, 0) is 91.7 Å². The number of methoxy groups -OCH3 is 1. The highest BCUT2D eigenvalue weighted by Gasteiger charge is 2.38. The number of hydrogen-bond acceptors (Lipinski definition) is 6. The Morgan fingerprint density at radius 2 is 1.67 bits per heavy atom. The zero-order valence-electron chi connectivity index (χ0n) is 24.4. The predicted octanol–water partition coefficient (Wildman–Crippen LogP) is 7.82. The van der Waals surface area contributed by atoms with E-state index in [1.807, 2.05) is 25.1 Å². The fourth-order valence-electron chi connectivity index (χ4n) is 4.95. The number of ether oxygens (including phenoxy) is 1. The maximum atomic E-state index is 13.8. The molecular weight excluding hydrogens is 659 g/mol. The Bertz CT molecular complexity index is 1970. The van der Waals surface area contributed by atoms with Crippen molar-refractivity contribution in [1.29, 1.82) is 0 Å². The van der Waals surface area contributed by atoms with Crippen LogP contribution < -0.4 is 4.90 Å². The summed E-state index contributed by atoms with van der Waals surface area (Å²) in [6, 6.07) is 21.3. The lowest BCUT2D eigenvalue weighted by Gasteiger charge is -2.22. The van der Waals surface area contributed by atoms with Crippen LogP contribution in [0.5, 0.6) is 0 Å². The topological polar surface area (TPSA) is 97.1 Å². The van der Waals surface area contributed by atoms with Crippen LogP contribution in [0.1, 0.15) is 29.6 Å². The van der Waals surface area contributed by atoms with E-state index in [2.05, 4.69) is 0 Å². The third kappa shape index (κ3) is 6.88. The molecule has 0 bridgehead atoms. The molecule has 232 valence electrons. The Morgan fingerprint density at radius 1 is 0.933 bits per heavy atom. The van der Waals surface area contributed by atoms with E-state index in [1.165, 1.54) is 46.7 Å². The van der Waals surface area contributed by atoms with Crippen molar-refractivity contribution in [1.82, 2.24) is 4.31 Å². The van der Waals surface area contributed by atoms with E-state index in [-0.39, 0.29) is 39.9 Å². The number of esters is 1. The van der Waals surface area contributed by atoms with E-state index in [0.717, 1.165) is 5.56 Å². The molecule has 0 aliphatic carbocycles. The smallest absolute Gasteiger partial charge is 0.340 e. The first kappa shape index (κ1) is 32.5. The van der Waals surface area contributed by atoms with Gasteiger partial charge in [0, 0.05) is 23.0 Å². The average molecular weight is 686 g/mol. The Balaban J connectivity index is 1.49. The molecule has 1 aliphatic rings. The van der Waals surface area contributed by atoms with Gasteiger partial charge in [-0.2, -0.15) is 4.31 Å². The van der Waals surface area contributed by atoms with Gasteiger partial charge in [-0.3, -0.25) is 9.69 Å².